The zero-order valence-electron chi connectivity index (χ0n) is 18.5. The Morgan fingerprint density at radius 1 is 1.10 bits per heavy atom. The van der Waals surface area contributed by atoms with Crippen molar-refractivity contribution in [3.8, 4) is 5.75 Å². The lowest BCUT2D eigenvalue weighted by Crippen LogP contribution is -2.51. The van der Waals surface area contributed by atoms with Gasteiger partial charge in [0.1, 0.15) is 11.8 Å². The van der Waals surface area contributed by atoms with Crippen molar-refractivity contribution in [3.63, 3.8) is 0 Å². The van der Waals surface area contributed by atoms with Gasteiger partial charge < -0.3 is 15.0 Å². The first kappa shape index (κ1) is 25.0. The molecule has 5 nitrogen and oxygen atoms in total. The highest BCUT2D eigenvalue weighted by molar-refractivity contribution is 6.35. The fourth-order valence-corrected chi connectivity index (χ4v) is 3.60. The van der Waals surface area contributed by atoms with E-state index in [1.165, 1.54) is 4.90 Å². The molecule has 0 saturated carbocycles. The van der Waals surface area contributed by atoms with E-state index in [0.29, 0.717) is 27.8 Å². The summed E-state index contributed by atoms with van der Waals surface area (Å²) in [6.45, 7) is 7.77. The molecule has 2 aromatic rings. The first-order chi connectivity index (χ1) is 14.7. The third-order valence-corrected chi connectivity index (χ3v) is 5.68. The maximum Gasteiger partial charge on any atom is 0.261 e. The Balaban J connectivity index is 2.26. The normalized spacial score (nSPS) is 12.7. The van der Waals surface area contributed by atoms with Crippen LogP contribution < -0.4 is 10.1 Å². The van der Waals surface area contributed by atoms with Crippen LogP contribution in [0.25, 0.3) is 0 Å². The van der Waals surface area contributed by atoms with E-state index in [1.807, 2.05) is 45.9 Å². The minimum atomic E-state index is -0.644. The standard InChI is InChI=1S/C24H30Cl2N2O3/c1-5-17(4)27-24(30)22(6-2)28(14-18-10-11-19(25)13-21(18)26)23(29)15-31-20-9-7-8-16(3)12-20/h7-13,17,22H,5-6,14-15H2,1-4H3,(H,27,30). The average Bonchev–Trinajstić information content (AvgIpc) is 2.73. The molecule has 0 heterocycles. The number of benzene rings is 2. The van der Waals surface area contributed by atoms with Gasteiger partial charge in [0.15, 0.2) is 6.61 Å². The molecule has 0 aliphatic rings. The minimum Gasteiger partial charge on any atom is -0.484 e. The highest BCUT2D eigenvalue weighted by Gasteiger charge is 2.30. The van der Waals surface area contributed by atoms with Crippen molar-refractivity contribution in [2.45, 2.75) is 59.2 Å². The van der Waals surface area contributed by atoms with Crippen LogP contribution in [0.15, 0.2) is 42.5 Å². The van der Waals surface area contributed by atoms with Crippen molar-refractivity contribution < 1.29 is 14.3 Å². The summed E-state index contributed by atoms with van der Waals surface area (Å²) in [5.74, 6) is 0.124. The maximum absolute atomic E-state index is 13.2. The van der Waals surface area contributed by atoms with Gasteiger partial charge in [-0.25, -0.2) is 0 Å². The molecule has 2 rings (SSSR count). The zero-order valence-corrected chi connectivity index (χ0v) is 20.0. The number of carbonyl (C=O) groups excluding carboxylic acids is 2. The number of ether oxygens (including phenoxy) is 1. The Kier molecular flexibility index (Phi) is 9.66. The predicted octanol–water partition coefficient (Wildman–Crippen LogP) is 5.40. The van der Waals surface area contributed by atoms with Crippen LogP contribution in [0.2, 0.25) is 10.0 Å². The number of nitrogens with zero attached hydrogens (tertiary/aromatic N) is 1. The molecule has 0 spiro atoms. The monoisotopic (exact) mass is 464 g/mol. The molecule has 7 heteroatoms. The van der Waals surface area contributed by atoms with Crippen LogP contribution in [0.1, 0.15) is 44.7 Å². The van der Waals surface area contributed by atoms with Crippen molar-refractivity contribution in [1.82, 2.24) is 10.2 Å². The van der Waals surface area contributed by atoms with Crippen LogP contribution >= 0.6 is 23.2 Å². The van der Waals surface area contributed by atoms with Crippen molar-refractivity contribution in [2.75, 3.05) is 6.61 Å². The van der Waals surface area contributed by atoms with Crippen LogP contribution in [0.3, 0.4) is 0 Å². The predicted molar refractivity (Wildman–Crippen MR) is 126 cm³/mol. The third-order valence-electron chi connectivity index (χ3n) is 5.09. The van der Waals surface area contributed by atoms with Crippen molar-refractivity contribution in [1.29, 1.82) is 0 Å². The van der Waals surface area contributed by atoms with E-state index < -0.39 is 6.04 Å². The molecule has 0 aromatic heterocycles. The lowest BCUT2D eigenvalue weighted by molar-refractivity contribution is -0.143. The second-order valence-electron chi connectivity index (χ2n) is 7.60. The first-order valence-electron chi connectivity index (χ1n) is 10.5. The summed E-state index contributed by atoms with van der Waals surface area (Å²) in [4.78, 5) is 27.7. The van der Waals surface area contributed by atoms with Crippen molar-refractivity contribution >= 4 is 35.0 Å². The molecule has 0 aliphatic heterocycles. The average molecular weight is 465 g/mol. The first-order valence-corrected chi connectivity index (χ1v) is 11.2. The van der Waals surface area contributed by atoms with Gasteiger partial charge in [0.25, 0.3) is 5.91 Å². The fourth-order valence-electron chi connectivity index (χ4n) is 3.13. The van der Waals surface area contributed by atoms with Gasteiger partial charge in [-0.3, -0.25) is 9.59 Å². The van der Waals surface area contributed by atoms with Crippen LogP contribution in [0, 0.1) is 6.92 Å². The highest BCUT2D eigenvalue weighted by atomic mass is 35.5. The van der Waals surface area contributed by atoms with Gasteiger partial charge in [0.05, 0.1) is 0 Å². The molecule has 0 radical (unpaired) electrons. The van der Waals surface area contributed by atoms with Gasteiger partial charge in [0.2, 0.25) is 5.91 Å². The van der Waals surface area contributed by atoms with E-state index in [0.717, 1.165) is 12.0 Å². The molecule has 31 heavy (non-hydrogen) atoms. The van der Waals surface area contributed by atoms with Crippen molar-refractivity contribution in [2.24, 2.45) is 0 Å². The van der Waals surface area contributed by atoms with Crippen molar-refractivity contribution in [3.05, 3.63) is 63.6 Å². The van der Waals surface area contributed by atoms with E-state index in [2.05, 4.69) is 5.32 Å². The molecule has 2 atom stereocenters. The van der Waals surface area contributed by atoms with E-state index in [4.69, 9.17) is 27.9 Å². The van der Waals surface area contributed by atoms with Crippen LogP contribution in [0.5, 0.6) is 5.75 Å². The lowest BCUT2D eigenvalue weighted by Gasteiger charge is -2.31. The second kappa shape index (κ2) is 12.0. The fraction of sp³-hybridized carbons (Fsp3) is 0.417. The number of amides is 2. The molecule has 2 aromatic carbocycles. The number of hydrogen-bond acceptors (Lipinski definition) is 3. The summed E-state index contributed by atoms with van der Waals surface area (Å²) in [7, 11) is 0. The molecule has 0 aliphatic carbocycles. The van der Waals surface area contributed by atoms with E-state index in [1.54, 1.807) is 24.3 Å². The molecule has 0 bridgehead atoms. The van der Waals surface area contributed by atoms with Gasteiger partial charge in [-0.1, -0.05) is 55.2 Å². The minimum absolute atomic E-state index is 0.0150. The molecule has 1 N–H and O–H groups in total. The molecule has 168 valence electrons. The molecule has 2 unspecified atom stereocenters. The van der Waals surface area contributed by atoms with Gasteiger partial charge in [-0.2, -0.15) is 0 Å². The smallest absolute Gasteiger partial charge is 0.261 e. The summed E-state index contributed by atoms with van der Waals surface area (Å²) in [5.41, 5.74) is 1.75. The Morgan fingerprint density at radius 3 is 2.45 bits per heavy atom. The Labute approximate surface area is 194 Å². The molecule has 2 amide bonds. The Morgan fingerprint density at radius 2 is 1.84 bits per heavy atom. The number of halogens is 2. The number of aryl methyl sites for hydroxylation is 1. The van der Waals surface area contributed by atoms with E-state index in [-0.39, 0.29) is 31.0 Å². The number of hydrogen-bond donors (Lipinski definition) is 1. The number of rotatable bonds is 10. The number of carbonyl (C=O) groups is 2. The van der Waals surface area contributed by atoms with E-state index >= 15 is 0 Å². The quantitative estimate of drug-likeness (QED) is 0.511. The summed E-state index contributed by atoms with van der Waals surface area (Å²) >= 11 is 12.4. The lowest BCUT2D eigenvalue weighted by atomic mass is 10.1. The molecular formula is C24H30Cl2N2O3. The molecular weight excluding hydrogens is 435 g/mol. The zero-order chi connectivity index (χ0) is 23.0. The topological polar surface area (TPSA) is 58.6 Å². The van der Waals surface area contributed by atoms with Crippen LogP contribution in [-0.2, 0) is 16.1 Å². The van der Waals surface area contributed by atoms with Gasteiger partial charge >= 0.3 is 0 Å². The van der Waals surface area contributed by atoms with E-state index in [9.17, 15) is 9.59 Å². The number of nitrogens with one attached hydrogen (secondary N) is 1. The summed E-state index contributed by atoms with van der Waals surface area (Å²) in [6.07, 6.45) is 1.26. The second-order valence-corrected chi connectivity index (χ2v) is 8.45. The van der Waals surface area contributed by atoms with Gasteiger partial charge in [0, 0.05) is 22.6 Å². The maximum atomic E-state index is 13.2. The summed E-state index contributed by atoms with van der Waals surface area (Å²) < 4.78 is 5.72. The van der Waals surface area contributed by atoms with Crippen LogP contribution in [-0.4, -0.2) is 35.4 Å². The SMILES string of the molecule is CCC(C)NC(=O)C(CC)N(Cc1ccc(Cl)cc1Cl)C(=O)COc1cccc(C)c1. The molecule has 0 saturated heterocycles. The summed E-state index contributed by atoms with van der Waals surface area (Å²) in [6, 6.07) is 12.0. The van der Waals surface area contributed by atoms with Gasteiger partial charge in [-0.15, -0.1) is 0 Å². The Hall–Kier alpha value is -2.24. The summed E-state index contributed by atoms with van der Waals surface area (Å²) in [5, 5.41) is 3.94. The molecule has 0 fully saturated rings. The van der Waals surface area contributed by atoms with Gasteiger partial charge in [-0.05, 0) is 62.1 Å². The van der Waals surface area contributed by atoms with Crippen LogP contribution in [0.4, 0.5) is 0 Å². The highest BCUT2D eigenvalue weighted by Crippen LogP contribution is 2.24. The third kappa shape index (κ3) is 7.44. The Bertz CT molecular complexity index is 904. The largest absolute Gasteiger partial charge is 0.484 e.